The largest absolute Gasteiger partial charge is 0.371 e. The minimum atomic E-state index is -0.159. The van der Waals surface area contributed by atoms with Crippen molar-refractivity contribution in [1.82, 2.24) is 5.01 Å². The van der Waals surface area contributed by atoms with Gasteiger partial charge in [-0.2, -0.15) is 0 Å². The van der Waals surface area contributed by atoms with E-state index in [2.05, 4.69) is 37.8 Å². The zero-order valence-electron chi connectivity index (χ0n) is 12.2. The van der Waals surface area contributed by atoms with Crippen LogP contribution in [0.15, 0.2) is 5.10 Å². The van der Waals surface area contributed by atoms with E-state index in [0.717, 1.165) is 32.2 Å². The van der Waals surface area contributed by atoms with Gasteiger partial charge in [-0.05, 0) is 25.7 Å². The van der Waals surface area contributed by atoms with Crippen molar-refractivity contribution in [3.05, 3.63) is 0 Å². The molecule has 0 aromatic heterocycles. The van der Waals surface area contributed by atoms with E-state index in [1.807, 2.05) is 0 Å². The SMILES string of the molecule is CCC1(CC)OCCN(N=C(N)N)C1(CC)CC. The third-order valence-corrected chi connectivity index (χ3v) is 4.57. The summed E-state index contributed by atoms with van der Waals surface area (Å²) in [4.78, 5) is 0. The zero-order valence-corrected chi connectivity index (χ0v) is 12.2. The number of nitrogens with zero attached hydrogens (tertiary/aromatic N) is 2. The summed E-state index contributed by atoms with van der Waals surface area (Å²) in [5.74, 6) is 0.129. The molecule has 0 aromatic rings. The molecule has 0 atom stereocenters. The molecule has 0 radical (unpaired) electrons. The average Bonchev–Trinajstić information content (AvgIpc) is 2.37. The molecular weight excluding hydrogens is 228 g/mol. The summed E-state index contributed by atoms with van der Waals surface area (Å²) >= 11 is 0. The topological polar surface area (TPSA) is 76.9 Å². The van der Waals surface area contributed by atoms with Crippen molar-refractivity contribution in [2.24, 2.45) is 16.6 Å². The molecule has 5 nitrogen and oxygen atoms in total. The highest BCUT2D eigenvalue weighted by atomic mass is 16.5. The molecule has 0 saturated carbocycles. The second kappa shape index (κ2) is 5.78. The van der Waals surface area contributed by atoms with Crippen LogP contribution in [0.2, 0.25) is 0 Å². The van der Waals surface area contributed by atoms with E-state index in [9.17, 15) is 0 Å². The van der Waals surface area contributed by atoms with Gasteiger partial charge in [0, 0.05) is 0 Å². The maximum atomic E-state index is 6.18. The lowest BCUT2D eigenvalue weighted by Crippen LogP contribution is -2.67. The van der Waals surface area contributed by atoms with Crippen molar-refractivity contribution in [1.29, 1.82) is 0 Å². The van der Waals surface area contributed by atoms with Gasteiger partial charge >= 0.3 is 0 Å². The first-order valence-corrected chi connectivity index (χ1v) is 7.03. The molecular formula is C13H28N4O. The highest BCUT2D eigenvalue weighted by Gasteiger charge is 2.54. The number of hydrazone groups is 1. The van der Waals surface area contributed by atoms with Crippen LogP contribution in [0, 0.1) is 0 Å². The van der Waals surface area contributed by atoms with Gasteiger partial charge in [0.2, 0.25) is 5.96 Å². The fourth-order valence-corrected chi connectivity index (χ4v) is 3.57. The van der Waals surface area contributed by atoms with Gasteiger partial charge in [-0.25, -0.2) is 0 Å². The summed E-state index contributed by atoms with van der Waals surface area (Å²) in [5, 5.41) is 6.42. The summed E-state index contributed by atoms with van der Waals surface area (Å²) in [7, 11) is 0. The van der Waals surface area contributed by atoms with E-state index in [1.165, 1.54) is 0 Å². The first-order valence-electron chi connectivity index (χ1n) is 7.03. The molecule has 0 aromatic carbocycles. The Kier molecular flexibility index (Phi) is 4.85. The molecule has 0 bridgehead atoms. The normalized spacial score (nSPS) is 21.7. The van der Waals surface area contributed by atoms with Crippen molar-refractivity contribution in [3.8, 4) is 0 Å². The number of ether oxygens (including phenoxy) is 1. The van der Waals surface area contributed by atoms with Crippen LogP contribution in [0.25, 0.3) is 0 Å². The number of hydrogen-bond donors (Lipinski definition) is 2. The van der Waals surface area contributed by atoms with Gasteiger partial charge in [0.25, 0.3) is 0 Å². The second-order valence-corrected chi connectivity index (χ2v) is 4.94. The monoisotopic (exact) mass is 256 g/mol. The van der Waals surface area contributed by atoms with Crippen molar-refractivity contribution in [2.45, 2.75) is 64.5 Å². The Morgan fingerprint density at radius 3 is 2.06 bits per heavy atom. The number of rotatable bonds is 5. The Balaban J connectivity index is 3.24. The fraction of sp³-hybridized carbons (Fsp3) is 0.923. The average molecular weight is 256 g/mol. The lowest BCUT2D eigenvalue weighted by Gasteiger charge is -2.57. The highest BCUT2D eigenvalue weighted by molar-refractivity contribution is 5.75. The Bertz CT molecular complexity index is 291. The molecule has 1 fully saturated rings. The Labute approximate surface area is 111 Å². The highest BCUT2D eigenvalue weighted by Crippen LogP contribution is 2.45. The van der Waals surface area contributed by atoms with Crippen molar-refractivity contribution in [3.63, 3.8) is 0 Å². The third kappa shape index (κ3) is 2.16. The minimum absolute atomic E-state index is 0.112. The van der Waals surface area contributed by atoms with Crippen molar-refractivity contribution in [2.75, 3.05) is 13.2 Å². The molecule has 0 aliphatic carbocycles. The van der Waals surface area contributed by atoms with Crippen molar-refractivity contribution < 1.29 is 4.74 Å². The molecule has 4 N–H and O–H groups in total. The molecule has 1 rings (SSSR count). The van der Waals surface area contributed by atoms with Crippen LogP contribution in [0.5, 0.6) is 0 Å². The number of morpholine rings is 1. The van der Waals surface area contributed by atoms with Gasteiger partial charge in [-0.1, -0.05) is 27.7 Å². The van der Waals surface area contributed by atoms with Gasteiger partial charge in [0.15, 0.2) is 0 Å². The van der Waals surface area contributed by atoms with E-state index >= 15 is 0 Å². The minimum Gasteiger partial charge on any atom is -0.371 e. The van der Waals surface area contributed by atoms with Crippen LogP contribution < -0.4 is 11.5 Å². The first kappa shape index (κ1) is 15.1. The molecule has 106 valence electrons. The van der Waals surface area contributed by atoms with Crippen LogP contribution in [-0.2, 0) is 4.74 Å². The zero-order chi connectivity index (χ0) is 13.8. The molecule has 0 unspecified atom stereocenters. The van der Waals surface area contributed by atoms with Crippen molar-refractivity contribution >= 4 is 5.96 Å². The van der Waals surface area contributed by atoms with Gasteiger partial charge in [0.05, 0.1) is 24.3 Å². The molecule has 1 aliphatic rings. The van der Waals surface area contributed by atoms with E-state index in [-0.39, 0.29) is 17.1 Å². The van der Waals surface area contributed by atoms with Gasteiger partial charge in [0.1, 0.15) is 0 Å². The molecule has 1 aliphatic heterocycles. The smallest absolute Gasteiger partial charge is 0.208 e. The second-order valence-electron chi connectivity index (χ2n) is 4.94. The molecule has 18 heavy (non-hydrogen) atoms. The summed E-state index contributed by atoms with van der Waals surface area (Å²) in [6, 6.07) is 0. The van der Waals surface area contributed by atoms with Crippen LogP contribution >= 0.6 is 0 Å². The quantitative estimate of drug-likeness (QED) is 0.579. The number of hydrogen-bond acceptors (Lipinski definition) is 3. The summed E-state index contributed by atoms with van der Waals surface area (Å²) in [6.45, 7) is 10.2. The van der Waals surface area contributed by atoms with E-state index in [0.29, 0.717) is 6.61 Å². The molecule has 0 amide bonds. The van der Waals surface area contributed by atoms with Crippen LogP contribution in [0.3, 0.4) is 0 Å². The predicted octanol–water partition coefficient (Wildman–Crippen LogP) is 1.62. The van der Waals surface area contributed by atoms with Crippen LogP contribution in [0.4, 0.5) is 0 Å². The Morgan fingerprint density at radius 2 is 1.67 bits per heavy atom. The lowest BCUT2D eigenvalue weighted by molar-refractivity contribution is -0.205. The summed E-state index contributed by atoms with van der Waals surface area (Å²) in [6.07, 6.45) is 3.90. The van der Waals surface area contributed by atoms with E-state index in [1.54, 1.807) is 0 Å². The third-order valence-electron chi connectivity index (χ3n) is 4.57. The van der Waals surface area contributed by atoms with Crippen LogP contribution in [-0.4, -0.2) is 35.3 Å². The van der Waals surface area contributed by atoms with Gasteiger partial charge in [-0.3, -0.25) is 5.01 Å². The molecule has 0 spiro atoms. The molecule has 5 heteroatoms. The number of guanidine groups is 1. The fourth-order valence-electron chi connectivity index (χ4n) is 3.57. The standard InChI is InChI=1S/C13H28N4O/c1-5-12(6-2)13(7-3,8-4)18-10-9-17(12)16-11(14)15/h5-10H2,1-4H3,(H4,14,15,16). The van der Waals surface area contributed by atoms with Gasteiger partial charge in [-0.15, -0.1) is 5.10 Å². The Hall–Kier alpha value is -0.970. The molecule has 1 heterocycles. The summed E-state index contributed by atoms with van der Waals surface area (Å²) < 4.78 is 6.18. The summed E-state index contributed by atoms with van der Waals surface area (Å²) in [5.41, 5.74) is 10.9. The Morgan fingerprint density at radius 1 is 1.11 bits per heavy atom. The predicted molar refractivity (Wildman–Crippen MR) is 75.1 cm³/mol. The van der Waals surface area contributed by atoms with Gasteiger partial charge < -0.3 is 16.2 Å². The maximum Gasteiger partial charge on any atom is 0.208 e. The number of nitrogens with two attached hydrogens (primary N) is 2. The van der Waals surface area contributed by atoms with E-state index < -0.39 is 0 Å². The first-order chi connectivity index (χ1) is 8.51. The van der Waals surface area contributed by atoms with Crippen LogP contribution in [0.1, 0.15) is 53.4 Å². The van der Waals surface area contributed by atoms with E-state index in [4.69, 9.17) is 16.2 Å². The molecule has 1 saturated heterocycles. The lowest BCUT2D eigenvalue weighted by atomic mass is 9.70. The maximum absolute atomic E-state index is 6.18.